The van der Waals surface area contributed by atoms with Gasteiger partial charge >= 0.3 is 0 Å². The highest BCUT2D eigenvalue weighted by Crippen LogP contribution is 2.31. The largest absolute Gasteiger partial charge is 0.279 e. The van der Waals surface area contributed by atoms with Crippen LogP contribution in [0.5, 0.6) is 0 Å². The highest BCUT2D eigenvalue weighted by Gasteiger charge is 2.16. The third kappa shape index (κ3) is 3.56. The van der Waals surface area contributed by atoms with Crippen LogP contribution in [0.2, 0.25) is 0 Å². The molecule has 3 rings (SSSR count). The fraction of sp³-hybridized carbons (Fsp3) is 0.100. The van der Waals surface area contributed by atoms with Gasteiger partial charge in [0.1, 0.15) is 5.82 Å². The quantitative estimate of drug-likeness (QED) is 0.723. The zero-order valence-corrected chi connectivity index (χ0v) is 14.8. The third-order valence-electron chi connectivity index (χ3n) is 3.97. The van der Waals surface area contributed by atoms with E-state index in [1.807, 2.05) is 12.1 Å². The van der Waals surface area contributed by atoms with E-state index in [0.717, 1.165) is 5.56 Å². The fourth-order valence-electron chi connectivity index (χ4n) is 2.73. The van der Waals surface area contributed by atoms with Crippen molar-refractivity contribution in [2.75, 3.05) is 4.72 Å². The van der Waals surface area contributed by atoms with Crippen LogP contribution in [0.4, 0.5) is 10.1 Å². The fourth-order valence-corrected chi connectivity index (χ4v) is 3.83. The van der Waals surface area contributed by atoms with Crippen molar-refractivity contribution in [1.29, 1.82) is 0 Å². The van der Waals surface area contributed by atoms with Crippen LogP contribution >= 0.6 is 0 Å². The molecule has 0 fully saturated rings. The Morgan fingerprint density at radius 3 is 2.04 bits per heavy atom. The highest BCUT2D eigenvalue weighted by molar-refractivity contribution is 7.92. The van der Waals surface area contributed by atoms with Gasteiger partial charge in [-0.1, -0.05) is 36.4 Å². The number of hydrogen-bond donors (Lipinski definition) is 1. The number of benzene rings is 3. The molecule has 0 aliphatic carbocycles. The molecule has 0 aromatic heterocycles. The molecule has 1 N–H and O–H groups in total. The summed E-state index contributed by atoms with van der Waals surface area (Å²) in [5.41, 5.74) is 2.97. The van der Waals surface area contributed by atoms with Gasteiger partial charge in [-0.25, -0.2) is 12.8 Å². The van der Waals surface area contributed by atoms with Crippen molar-refractivity contribution in [3.05, 3.63) is 83.7 Å². The van der Waals surface area contributed by atoms with Crippen molar-refractivity contribution in [2.45, 2.75) is 18.7 Å². The molecule has 0 radical (unpaired) electrons. The second-order valence-electron chi connectivity index (χ2n) is 5.89. The third-order valence-corrected chi connectivity index (χ3v) is 5.35. The predicted octanol–water partition coefficient (Wildman–Crippen LogP) is 4.91. The van der Waals surface area contributed by atoms with Crippen LogP contribution in [-0.2, 0) is 10.0 Å². The molecule has 0 saturated heterocycles. The Balaban J connectivity index is 2.06. The summed E-state index contributed by atoms with van der Waals surface area (Å²) in [6, 6.07) is 18.7. The van der Waals surface area contributed by atoms with Gasteiger partial charge in [-0.05, 0) is 60.9 Å². The van der Waals surface area contributed by atoms with Gasteiger partial charge in [0, 0.05) is 5.56 Å². The molecule has 3 nitrogen and oxygen atoms in total. The van der Waals surface area contributed by atoms with Crippen LogP contribution < -0.4 is 4.72 Å². The SMILES string of the molecule is Cc1cc(-c2ccccc2NS(=O)(=O)c2ccccc2)cc(C)c1F. The minimum Gasteiger partial charge on any atom is -0.279 e. The van der Waals surface area contributed by atoms with Crippen molar-refractivity contribution in [3.8, 4) is 11.1 Å². The number of hydrogen-bond acceptors (Lipinski definition) is 2. The lowest BCUT2D eigenvalue weighted by molar-refractivity contribution is 0.601. The monoisotopic (exact) mass is 355 g/mol. The number of rotatable bonds is 4. The van der Waals surface area contributed by atoms with Crippen molar-refractivity contribution in [1.82, 2.24) is 0 Å². The number of para-hydroxylation sites is 1. The van der Waals surface area contributed by atoms with Gasteiger partial charge in [0.25, 0.3) is 10.0 Å². The van der Waals surface area contributed by atoms with Crippen LogP contribution in [0, 0.1) is 19.7 Å². The first-order valence-corrected chi connectivity index (χ1v) is 9.31. The summed E-state index contributed by atoms with van der Waals surface area (Å²) in [5.74, 6) is -0.244. The number of nitrogens with one attached hydrogen (secondary N) is 1. The number of aryl methyl sites for hydroxylation is 2. The van der Waals surface area contributed by atoms with Gasteiger partial charge < -0.3 is 0 Å². The summed E-state index contributed by atoms with van der Waals surface area (Å²) in [7, 11) is -3.70. The first kappa shape index (κ1) is 17.2. The van der Waals surface area contributed by atoms with E-state index in [9.17, 15) is 12.8 Å². The van der Waals surface area contributed by atoms with E-state index in [2.05, 4.69) is 4.72 Å². The first-order chi connectivity index (χ1) is 11.9. The van der Waals surface area contributed by atoms with E-state index in [-0.39, 0.29) is 10.7 Å². The molecule has 25 heavy (non-hydrogen) atoms. The highest BCUT2D eigenvalue weighted by atomic mass is 32.2. The lowest BCUT2D eigenvalue weighted by atomic mass is 9.99. The second kappa shape index (κ2) is 6.69. The lowest BCUT2D eigenvalue weighted by Gasteiger charge is -2.14. The normalized spacial score (nSPS) is 11.3. The van der Waals surface area contributed by atoms with Gasteiger partial charge in [-0.15, -0.1) is 0 Å². The Labute approximate surface area is 147 Å². The van der Waals surface area contributed by atoms with E-state index >= 15 is 0 Å². The number of anilines is 1. The Morgan fingerprint density at radius 2 is 1.40 bits per heavy atom. The van der Waals surface area contributed by atoms with Crippen molar-refractivity contribution in [3.63, 3.8) is 0 Å². The van der Waals surface area contributed by atoms with E-state index < -0.39 is 10.0 Å². The molecule has 128 valence electrons. The first-order valence-electron chi connectivity index (χ1n) is 7.82. The average molecular weight is 355 g/mol. The molecule has 0 aliphatic rings. The summed E-state index contributed by atoms with van der Waals surface area (Å²) in [6.07, 6.45) is 0. The van der Waals surface area contributed by atoms with Gasteiger partial charge in [0.05, 0.1) is 10.6 Å². The Morgan fingerprint density at radius 1 is 0.840 bits per heavy atom. The van der Waals surface area contributed by atoms with E-state index in [4.69, 9.17) is 0 Å². The van der Waals surface area contributed by atoms with Crippen LogP contribution in [0.15, 0.2) is 71.6 Å². The number of sulfonamides is 1. The maximum Gasteiger partial charge on any atom is 0.261 e. The molecule has 0 saturated carbocycles. The summed E-state index contributed by atoms with van der Waals surface area (Å²) in [5, 5.41) is 0. The Bertz CT molecular complexity index is 992. The van der Waals surface area contributed by atoms with Crippen molar-refractivity contribution in [2.24, 2.45) is 0 Å². The van der Waals surface area contributed by atoms with Crippen molar-refractivity contribution >= 4 is 15.7 Å². The summed E-state index contributed by atoms with van der Waals surface area (Å²) < 4.78 is 41.7. The topological polar surface area (TPSA) is 46.2 Å². The Kier molecular flexibility index (Phi) is 4.59. The Hall–Kier alpha value is -2.66. The molecule has 5 heteroatoms. The van der Waals surface area contributed by atoms with Gasteiger partial charge in [0.15, 0.2) is 0 Å². The minimum absolute atomic E-state index is 0.191. The van der Waals surface area contributed by atoms with Crippen LogP contribution in [-0.4, -0.2) is 8.42 Å². The molecule has 0 spiro atoms. The molecule has 0 aliphatic heterocycles. The molecule has 0 unspecified atom stereocenters. The van der Waals surface area contributed by atoms with Gasteiger partial charge in [-0.2, -0.15) is 0 Å². The maximum atomic E-state index is 13.9. The number of halogens is 1. The maximum absolute atomic E-state index is 13.9. The lowest BCUT2D eigenvalue weighted by Crippen LogP contribution is -2.13. The minimum atomic E-state index is -3.70. The van der Waals surface area contributed by atoms with E-state index in [1.54, 1.807) is 56.3 Å². The average Bonchev–Trinajstić information content (AvgIpc) is 2.60. The second-order valence-corrected chi connectivity index (χ2v) is 7.57. The van der Waals surface area contributed by atoms with Gasteiger partial charge in [0.2, 0.25) is 0 Å². The predicted molar refractivity (Wildman–Crippen MR) is 98.6 cm³/mol. The van der Waals surface area contributed by atoms with Crippen LogP contribution in [0.3, 0.4) is 0 Å². The summed E-state index contributed by atoms with van der Waals surface area (Å²) >= 11 is 0. The van der Waals surface area contributed by atoms with Crippen LogP contribution in [0.1, 0.15) is 11.1 Å². The van der Waals surface area contributed by atoms with Crippen LogP contribution in [0.25, 0.3) is 11.1 Å². The molecule has 3 aromatic rings. The smallest absolute Gasteiger partial charge is 0.261 e. The molecule has 0 bridgehead atoms. The molecule has 0 heterocycles. The molecular formula is C20H18FNO2S. The van der Waals surface area contributed by atoms with Crippen molar-refractivity contribution < 1.29 is 12.8 Å². The summed E-state index contributed by atoms with van der Waals surface area (Å²) in [6.45, 7) is 3.39. The standard InChI is InChI=1S/C20H18FNO2S/c1-14-12-16(13-15(2)20(14)21)18-10-6-7-11-19(18)22-25(23,24)17-8-4-3-5-9-17/h3-13,22H,1-2H3. The van der Waals surface area contributed by atoms with E-state index in [1.165, 1.54) is 12.1 Å². The molecular weight excluding hydrogens is 337 g/mol. The molecule has 0 atom stereocenters. The zero-order chi connectivity index (χ0) is 18.0. The molecule has 3 aromatic carbocycles. The molecule has 0 amide bonds. The summed E-state index contributed by atoms with van der Waals surface area (Å²) in [4.78, 5) is 0.191. The van der Waals surface area contributed by atoms with Gasteiger partial charge in [-0.3, -0.25) is 4.72 Å². The van der Waals surface area contributed by atoms with E-state index in [0.29, 0.717) is 22.4 Å². The zero-order valence-electron chi connectivity index (χ0n) is 14.0.